The number of anilines is 2. The molecule has 2 N–H and O–H groups in total. The number of hydrazone groups is 1. The number of pyridine rings is 1. The molecule has 6 nitrogen and oxygen atoms in total. The fourth-order valence-corrected chi connectivity index (χ4v) is 2.99. The Morgan fingerprint density at radius 1 is 1.07 bits per heavy atom. The van der Waals surface area contributed by atoms with Crippen LogP contribution in [0.25, 0.3) is 0 Å². The number of rotatable bonds is 12. The summed E-state index contributed by atoms with van der Waals surface area (Å²) in [7, 11) is 1.91. The van der Waals surface area contributed by atoms with Crippen LogP contribution in [0.4, 0.5) is 11.4 Å². The summed E-state index contributed by atoms with van der Waals surface area (Å²) >= 11 is 0. The normalized spacial score (nSPS) is 11.1. The average Bonchev–Trinajstić information content (AvgIpc) is 2.70. The molecule has 0 aliphatic rings. The van der Waals surface area contributed by atoms with E-state index in [4.69, 9.17) is 4.74 Å². The minimum Gasteiger partial charge on any atom is -0.476 e. The molecule has 0 saturated carbocycles. The topological polar surface area (TPSA) is 61.8 Å². The van der Waals surface area contributed by atoms with Crippen LogP contribution in [0, 0.1) is 13.8 Å². The minimum atomic E-state index is 0.575. The third-order valence-corrected chi connectivity index (χ3v) is 4.66. The van der Waals surface area contributed by atoms with E-state index in [1.165, 1.54) is 11.1 Å². The van der Waals surface area contributed by atoms with Gasteiger partial charge in [0.05, 0.1) is 17.6 Å². The molecule has 0 unspecified atom stereocenters. The summed E-state index contributed by atoms with van der Waals surface area (Å²) in [4.78, 5) is 6.98. The Morgan fingerprint density at radius 3 is 2.48 bits per heavy atom. The molecule has 0 aliphatic carbocycles. The van der Waals surface area contributed by atoms with Crippen LogP contribution in [0.3, 0.4) is 0 Å². The van der Waals surface area contributed by atoms with E-state index >= 15 is 0 Å². The molecule has 0 spiro atoms. The fraction of sp³-hybridized carbons (Fsp3) is 0.478. The summed E-state index contributed by atoms with van der Waals surface area (Å²) in [6.45, 7) is 12.0. The van der Waals surface area contributed by atoms with Crippen LogP contribution in [-0.2, 0) is 0 Å². The van der Waals surface area contributed by atoms with Crippen LogP contribution < -0.4 is 20.4 Å². The van der Waals surface area contributed by atoms with E-state index in [2.05, 4.69) is 71.6 Å². The van der Waals surface area contributed by atoms with Gasteiger partial charge in [-0.1, -0.05) is 19.9 Å². The predicted molar refractivity (Wildman–Crippen MR) is 124 cm³/mol. The zero-order chi connectivity index (χ0) is 21.1. The molecule has 0 bridgehead atoms. The van der Waals surface area contributed by atoms with Gasteiger partial charge in [0.1, 0.15) is 6.61 Å². The van der Waals surface area contributed by atoms with E-state index < -0.39 is 0 Å². The number of likely N-dealkylation sites (N-methyl/N-ethyl adjacent to an activating group) is 1. The molecular weight excluding hydrogens is 362 g/mol. The second-order valence-electron chi connectivity index (χ2n) is 7.20. The van der Waals surface area contributed by atoms with E-state index in [0.717, 1.165) is 49.5 Å². The summed E-state index contributed by atoms with van der Waals surface area (Å²) in [6, 6.07) is 10.3. The molecule has 2 aromatic rings. The number of aryl methyl sites for hydroxylation is 2. The highest BCUT2D eigenvalue weighted by Crippen LogP contribution is 2.22. The summed E-state index contributed by atoms with van der Waals surface area (Å²) in [5, 5.41) is 7.48. The van der Waals surface area contributed by atoms with Gasteiger partial charge in [-0.15, -0.1) is 0 Å². The van der Waals surface area contributed by atoms with Crippen molar-refractivity contribution >= 4 is 17.6 Å². The smallest absolute Gasteiger partial charge is 0.215 e. The zero-order valence-corrected chi connectivity index (χ0v) is 18.5. The monoisotopic (exact) mass is 397 g/mol. The maximum atomic E-state index is 5.85. The van der Waals surface area contributed by atoms with Crippen molar-refractivity contribution in [1.29, 1.82) is 0 Å². The third-order valence-electron chi connectivity index (χ3n) is 4.66. The molecule has 0 atom stereocenters. The van der Waals surface area contributed by atoms with Gasteiger partial charge in [-0.05, 0) is 63.1 Å². The van der Waals surface area contributed by atoms with Crippen LogP contribution in [0.5, 0.6) is 5.88 Å². The lowest BCUT2D eigenvalue weighted by molar-refractivity contribution is 0.306. The lowest BCUT2D eigenvalue weighted by atomic mass is 10.1. The summed E-state index contributed by atoms with van der Waals surface area (Å²) < 4.78 is 5.85. The van der Waals surface area contributed by atoms with Crippen LogP contribution >= 0.6 is 0 Å². The third kappa shape index (κ3) is 7.38. The van der Waals surface area contributed by atoms with Gasteiger partial charge in [-0.25, -0.2) is 4.98 Å². The molecule has 2 rings (SSSR count). The van der Waals surface area contributed by atoms with Crippen molar-refractivity contribution in [3.8, 4) is 5.88 Å². The highest BCUT2D eigenvalue weighted by Gasteiger charge is 2.09. The summed E-state index contributed by atoms with van der Waals surface area (Å²) in [5.74, 6) is 0.627. The van der Waals surface area contributed by atoms with Crippen LogP contribution in [-0.4, -0.2) is 44.5 Å². The highest BCUT2D eigenvalue weighted by molar-refractivity contribution is 5.80. The first-order valence-electron chi connectivity index (χ1n) is 10.5. The van der Waals surface area contributed by atoms with Gasteiger partial charge >= 0.3 is 0 Å². The van der Waals surface area contributed by atoms with Crippen molar-refractivity contribution in [3.05, 3.63) is 47.2 Å². The number of benzene rings is 1. The molecule has 0 fully saturated rings. The standard InChI is InChI=1S/C23H35N5O/c1-6-11-28(12-7-2)22-15-21(26-23(16-22)29-13-10-24-5)17-25-27-20-9-8-18(3)19(4)14-20/h8-9,14-17,24,27H,6-7,10-13H2,1-5H3/b25-17+. The van der Waals surface area contributed by atoms with Gasteiger partial charge in [0, 0.05) is 31.4 Å². The van der Waals surface area contributed by atoms with Gasteiger partial charge in [-0.2, -0.15) is 5.10 Å². The molecule has 0 aliphatic heterocycles. The predicted octanol–water partition coefficient (Wildman–Crippen LogP) is 4.37. The van der Waals surface area contributed by atoms with E-state index in [9.17, 15) is 0 Å². The van der Waals surface area contributed by atoms with Crippen molar-refractivity contribution in [2.45, 2.75) is 40.5 Å². The van der Waals surface area contributed by atoms with Crippen LogP contribution in [0.1, 0.15) is 43.5 Å². The van der Waals surface area contributed by atoms with E-state index in [1.807, 2.05) is 19.2 Å². The number of hydrogen-bond acceptors (Lipinski definition) is 6. The summed E-state index contributed by atoms with van der Waals surface area (Å²) in [5.41, 5.74) is 8.46. The van der Waals surface area contributed by atoms with Crippen LogP contribution in [0.2, 0.25) is 0 Å². The first-order valence-corrected chi connectivity index (χ1v) is 10.5. The van der Waals surface area contributed by atoms with Gasteiger partial charge < -0.3 is 15.0 Å². The quantitative estimate of drug-likeness (QED) is 0.316. The number of hydrogen-bond donors (Lipinski definition) is 2. The van der Waals surface area contributed by atoms with Crippen molar-refractivity contribution in [3.63, 3.8) is 0 Å². The Labute approximate surface area is 175 Å². The molecular formula is C23H35N5O. The van der Waals surface area contributed by atoms with Crippen molar-refractivity contribution < 1.29 is 4.74 Å². The molecule has 29 heavy (non-hydrogen) atoms. The molecule has 1 heterocycles. The fourth-order valence-electron chi connectivity index (χ4n) is 2.99. The zero-order valence-electron chi connectivity index (χ0n) is 18.5. The highest BCUT2D eigenvalue weighted by atomic mass is 16.5. The Hall–Kier alpha value is -2.60. The number of nitrogens with zero attached hydrogens (tertiary/aromatic N) is 3. The SMILES string of the molecule is CCCN(CCC)c1cc(/C=N/Nc2ccc(C)c(C)c2)nc(OCCNC)c1. The Bertz CT molecular complexity index is 785. The molecule has 0 saturated heterocycles. The molecule has 158 valence electrons. The Balaban J connectivity index is 2.21. The van der Waals surface area contributed by atoms with E-state index in [0.29, 0.717) is 12.5 Å². The Morgan fingerprint density at radius 2 is 1.83 bits per heavy atom. The second kappa shape index (κ2) is 12.1. The van der Waals surface area contributed by atoms with Crippen LogP contribution in [0.15, 0.2) is 35.4 Å². The van der Waals surface area contributed by atoms with Crippen molar-refractivity contribution in [1.82, 2.24) is 10.3 Å². The maximum absolute atomic E-state index is 5.85. The van der Waals surface area contributed by atoms with Gasteiger partial charge in [0.15, 0.2) is 0 Å². The van der Waals surface area contributed by atoms with Gasteiger partial charge in [-0.3, -0.25) is 5.43 Å². The first kappa shape index (κ1) is 22.7. The van der Waals surface area contributed by atoms with E-state index in [1.54, 1.807) is 6.21 Å². The number of ether oxygens (including phenoxy) is 1. The largest absolute Gasteiger partial charge is 0.476 e. The molecule has 1 aromatic carbocycles. The molecule has 6 heteroatoms. The average molecular weight is 398 g/mol. The Kier molecular flexibility index (Phi) is 9.44. The summed E-state index contributed by atoms with van der Waals surface area (Å²) in [6.07, 6.45) is 3.94. The van der Waals surface area contributed by atoms with Gasteiger partial charge in [0.25, 0.3) is 0 Å². The van der Waals surface area contributed by atoms with E-state index in [-0.39, 0.29) is 0 Å². The second-order valence-corrected chi connectivity index (χ2v) is 7.20. The minimum absolute atomic E-state index is 0.575. The van der Waals surface area contributed by atoms with Gasteiger partial charge in [0.2, 0.25) is 5.88 Å². The molecule has 0 amide bonds. The molecule has 0 radical (unpaired) electrons. The first-order chi connectivity index (χ1) is 14.1. The number of aromatic nitrogens is 1. The lowest BCUT2D eigenvalue weighted by Gasteiger charge is -2.24. The lowest BCUT2D eigenvalue weighted by Crippen LogP contribution is -2.25. The maximum Gasteiger partial charge on any atom is 0.215 e. The van der Waals surface area contributed by atoms with Crippen molar-refractivity contribution in [2.75, 3.05) is 43.6 Å². The number of nitrogens with one attached hydrogen (secondary N) is 2. The van der Waals surface area contributed by atoms with Crippen molar-refractivity contribution in [2.24, 2.45) is 5.10 Å². The molecule has 1 aromatic heterocycles.